The standard InChI is InChI=1S/C24H26F6N6O4/c1-13(33-15-11-32-34-20(38)18(15)24(28,29)30)12-40-8-3-17(37)36-6-4-22(5-7-36)19-16(35(2)21(22)39)9-14(10-31-19)23(25,26)27/h9-11,13H,3-8,12H2,1-2H3,(H2,33,34,38)/t13-/m1/s1. The van der Waals surface area contributed by atoms with Crippen molar-refractivity contribution in [3.05, 3.63) is 45.6 Å². The number of nitrogens with one attached hydrogen (secondary N) is 2. The first-order valence-electron chi connectivity index (χ1n) is 12.3. The molecule has 2 amide bonds. The van der Waals surface area contributed by atoms with Gasteiger partial charge in [-0.15, -0.1) is 0 Å². The Kier molecular flexibility index (Phi) is 7.84. The van der Waals surface area contributed by atoms with Crippen LogP contribution in [0.4, 0.5) is 37.7 Å². The van der Waals surface area contributed by atoms with Gasteiger partial charge in [0.25, 0.3) is 5.56 Å². The molecule has 1 saturated heterocycles. The number of carbonyl (C=O) groups is 2. The highest BCUT2D eigenvalue weighted by Crippen LogP contribution is 2.47. The van der Waals surface area contributed by atoms with Crippen molar-refractivity contribution in [2.24, 2.45) is 0 Å². The molecule has 0 radical (unpaired) electrons. The zero-order valence-corrected chi connectivity index (χ0v) is 21.4. The lowest BCUT2D eigenvalue weighted by molar-refractivity contribution is -0.138. The van der Waals surface area contributed by atoms with E-state index >= 15 is 0 Å². The number of halogens is 6. The highest BCUT2D eigenvalue weighted by molar-refractivity contribution is 6.07. The molecule has 2 aliphatic rings. The molecule has 4 heterocycles. The van der Waals surface area contributed by atoms with E-state index in [1.165, 1.54) is 23.8 Å². The van der Waals surface area contributed by atoms with E-state index in [1.807, 2.05) is 0 Å². The molecule has 16 heteroatoms. The summed E-state index contributed by atoms with van der Waals surface area (Å²) in [6.45, 7) is 1.82. The molecule has 4 rings (SSSR count). The van der Waals surface area contributed by atoms with Gasteiger partial charge in [-0.2, -0.15) is 31.4 Å². The number of anilines is 2. The van der Waals surface area contributed by atoms with Crippen molar-refractivity contribution in [1.82, 2.24) is 20.1 Å². The number of likely N-dealkylation sites (N-methyl/N-ethyl adjacent to an activating group) is 1. The van der Waals surface area contributed by atoms with Gasteiger partial charge in [0.15, 0.2) is 0 Å². The molecule has 40 heavy (non-hydrogen) atoms. The summed E-state index contributed by atoms with van der Waals surface area (Å²) in [5.74, 6) is -0.636. The van der Waals surface area contributed by atoms with Gasteiger partial charge >= 0.3 is 12.4 Å². The number of carbonyl (C=O) groups excluding carboxylic acids is 2. The van der Waals surface area contributed by atoms with Crippen LogP contribution < -0.4 is 15.8 Å². The number of aromatic nitrogens is 3. The highest BCUT2D eigenvalue weighted by Gasteiger charge is 2.53. The molecule has 1 atom stereocenters. The number of piperidine rings is 1. The van der Waals surface area contributed by atoms with E-state index in [4.69, 9.17) is 4.74 Å². The van der Waals surface area contributed by atoms with Crippen molar-refractivity contribution in [1.29, 1.82) is 0 Å². The molecule has 0 unspecified atom stereocenters. The molecule has 0 aromatic carbocycles. The van der Waals surface area contributed by atoms with Crippen LogP contribution in [0.2, 0.25) is 0 Å². The number of aromatic amines is 1. The zero-order valence-electron chi connectivity index (χ0n) is 21.4. The molecule has 1 fully saturated rings. The number of rotatable bonds is 7. The number of ether oxygens (including phenoxy) is 1. The van der Waals surface area contributed by atoms with Crippen molar-refractivity contribution in [3.63, 3.8) is 0 Å². The predicted molar refractivity (Wildman–Crippen MR) is 129 cm³/mol. The SMILES string of the molecule is C[C@H](COCCC(=O)N1CCC2(CC1)C(=O)N(C)c1cc(C(F)(F)F)cnc12)Nc1cn[nH]c(=O)c1C(F)(F)F. The Balaban J connectivity index is 1.28. The van der Waals surface area contributed by atoms with Crippen LogP contribution in [-0.2, 0) is 32.1 Å². The molecular weight excluding hydrogens is 550 g/mol. The van der Waals surface area contributed by atoms with Gasteiger partial charge in [-0.1, -0.05) is 0 Å². The lowest BCUT2D eigenvalue weighted by Gasteiger charge is -2.37. The monoisotopic (exact) mass is 576 g/mol. The Bertz CT molecular complexity index is 1340. The largest absolute Gasteiger partial charge is 0.423 e. The third-order valence-electron chi connectivity index (χ3n) is 7.06. The number of H-pyrrole nitrogens is 1. The number of nitrogens with zero attached hydrogens (tertiary/aromatic N) is 4. The molecular formula is C24H26F6N6O4. The Morgan fingerprint density at radius 3 is 2.45 bits per heavy atom. The van der Waals surface area contributed by atoms with Crippen molar-refractivity contribution < 1.29 is 40.7 Å². The number of alkyl halides is 6. The first-order chi connectivity index (χ1) is 18.6. The number of pyridine rings is 1. The maximum Gasteiger partial charge on any atom is 0.423 e. The second-order valence-corrected chi connectivity index (χ2v) is 9.77. The summed E-state index contributed by atoms with van der Waals surface area (Å²) < 4.78 is 84.4. The Morgan fingerprint density at radius 2 is 1.82 bits per heavy atom. The quantitative estimate of drug-likeness (QED) is 0.384. The lowest BCUT2D eigenvalue weighted by atomic mass is 9.76. The average molecular weight is 576 g/mol. The summed E-state index contributed by atoms with van der Waals surface area (Å²) in [6, 6.07) is 0.265. The van der Waals surface area contributed by atoms with Gasteiger partial charge in [-0.3, -0.25) is 19.4 Å². The van der Waals surface area contributed by atoms with Gasteiger partial charge in [-0.25, -0.2) is 5.10 Å². The topological polar surface area (TPSA) is 121 Å². The summed E-state index contributed by atoms with van der Waals surface area (Å²) in [7, 11) is 1.40. The molecule has 1 spiro atoms. The molecule has 0 bridgehead atoms. The van der Waals surface area contributed by atoms with Gasteiger partial charge in [0.05, 0.1) is 53.9 Å². The van der Waals surface area contributed by atoms with Gasteiger partial charge in [-0.05, 0) is 25.8 Å². The lowest BCUT2D eigenvalue weighted by Crippen LogP contribution is -2.50. The third kappa shape index (κ3) is 5.62. The zero-order chi connectivity index (χ0) is 29.5. The van der Waals surface area contributed by atoms with Crippen molar-refractivity contribution in [2.75, 3.05) is 43.6 Å². The molecule has 2 aromatic heterocycles. The van der Waals surface area contributed by atoms with Crippen LogP contribution in [-0.4, -0.2) is 71.3 Å². The molecule has 0 saturated carbocycles. The minimum atomic E-state index is -4.89. The number of amides is 2. The van der Waals surface area contributed by atoms with Gasteiger partial charge < -0.3 is 19.9 Å². The fourth-order valence-corrected chi connectivity index (χ4v) is 5.03. The normalized spacial score (nSPS) is 17.8. The summed E-state index contributed by atoms with van der Waals surface area (Å²) in [5, 5.41) is 7.66. The van der Waals surface area contributed by atoms with Gasteiger partial charge in [0.2, 0.25) is 11.8 Å². The van der Waals surface area contributed by atoms with Gasteiger partial charge in [0.1, 0.15) is 5.56 Å². The van der Waals surface area contributed by atoms with E-state index in [1.54, 1.807) is 5.10 Å². The summed E-state index contributed by atoms with van der Waals surface area (Å²) in [5.41, 5.74) is -4.96. The van der Waals surface area contributed by atoms with E-state index in [0.717, 1.165) is 12.3 Å². The van der Waals surface area contributed by atoms with Crippen molar-refractivity contribution >= 4 is 23.2 Å². The summed E-state index contributed by atoms with van der Waals surface area (Å²) in [4.78, 5) is 44.0. The number of likely N-dealkylation sites (tertiary alicyclic amines) is 1. The van der Waals surface area contributed by atoms with E-state index in [-0.39, 0.29) is 68.8 Å². The molecule has 2 N–H and O–H groups in total. The molecule has 218 valence electrons. The van der Waals surface area contributed by atoms with Crippen LogP contribution in [0.15, 0.2) is 23.3 Å². The molecule has 10 nitrogen and oxygen atoms in total. The summed E-state index contributed by atoms with van der Waals surface area (Å²) in [6.07, 6.45) is -7.56. The van der Waals surface area contributed by atoms with Crippen LogP contribution in [0.3, 0.4) is 0 Å². The van der Waals surface area contributed by atoms with Gasteiger partial charge in [0, 0.05) is 32.4 Å². The number of fused-ring (bicyclic) bond motifs is 2. The number of hydrogen-bond acceptors (Lipinski definition) is 7. The molecule has 0 aliphatic carbocycles. The minimum absolute atomic E-state index is 0.0292. The van der Waals surface area contributed by atoms with E-state index in [0.29, 0.717) is 6.20 Å². The fraction of sp³-hybridized carbons (Fsp3) is 0.542. The average Bonchev–Trinajstić information content (AvgIpc) is 3.07. The second kappa shape index (κ2) is 10.7. The number of hydrogen-bond donors (Lipinski definition) is 2. The fourth-order valence-electron chi connectivity index (χ4n) is 5.03. The van der Waals surface area contributed by atoms with Crippen LogP contribution in [0.25, 0.3) is 0 Å². The van der Waals surface area contributed by atoms with Crippen LogP contribution in [0, 0.1) is 0 Å². The molecule has 2 aromatic rings. The maximum atomic E-state index is 13.2. The van der Waals surface area contributed by atoms with Crippen molar-refractivity contribution in [2.45, 2.75) is 50.0 Å². The first-order valence-corrected chi connectivity index (χ1v) is 12.3. The smallest absolute Gasteiger partial charge is 0.379 e. The van der Waals surface area contributed by atoms with Crippen molar-refractivity contribution in [3.8, 4) is 0 Å². The Hall–Kier alpha value is -3.69. The Morgan fingerprint density at radius 1 is 1.15 bits per heavy atom. The molecule has 2 aliphatic heterocycles. The maximum absolute atomic E-state index is 13.2. The Labute approximate surface area is 223 Å². The first kappa shape index (κ1) is 29.3. The summed E-state index contributed by atoms with van der Waals surface area (Å²) >= 11 is 0. The van der Waals surface area contributed by atoms with E-state index < -0.39 is 46.2 Å². The third-order valence-corrected chi connectivity index (χ3v) is 7.06. The van der Waals surface area contributed by atoms with E-state index in [9.17, 15) is 40.7 Å². The predicted octanol–water partition coefficient (Wildman–Crippen LogP) is 2.95. The second-order valence-electron chi connectivity index (χ2n) is 9.77. The van der Waals surface area contributed by atoms with Crippen LogP contribution in [0.5, 0.6) is 0 Å². The van der Waals surface area contributed by atoms with Crippen LogP contribution in [0.1, 0.15) is 43.0 Å². The van der Waals surface area contributed by atoms with E-state index in [2.05, 4.69) is 15.4 Å². The highest BCUT2D eigenvalue weighted by atomic mass is 19.4. The van der Waals surface area contributed by atoms with Crippen LogP contribution >= 0.6 is 0 Å². The minimum Gasteiger partial charge on any atom is -0.379 e.